The predicted octanol–water partition coefficient (Wildman–Crippen LogP) is 4.95. The monoisotopic (exact) mass is 579 g/mol. The molecule has 0 saturated heterocycles. The summed E-state index contributed by atoms with van der Waals surface area (Å²) in [5, 5.41) is 7.70. The summed E-state index contributed by atoms with van der Waals surface area (Å²) in [7, 11) is -8.06. The van der Waals surface area contributed by atoms with E-state index in [1.165, 1.54) is 48.5 Å². The molecule has 0 heterocycles. The number of nitrogens with one attached hydrogen (secondary N) is 5. The molecule has 40 heavy (non-hydrogen) atoms. The first-order valence-corrected chi connectivity index (χ1v) is 14.7. The van der Waals surface area contributed by atoms with Gasteiger partial charge in [0, 0.05) is 22.7 Å². The number of anilines is 4. The number of sulfonamides is 2. The largest absolute Gasteiger partial charge is 0.333 e. The molecule has 4 aromatic carbocycles. The summed E-state index contributed by atoms with van der Waals surface area (Å²) < 4.78 is 54.7. The van der Waals surface area contributed by atoms with Gasteiger partial charge in [0.05, 0.1) is 9.79 Å². The Morgan fingerprint density at radius 3 is 1.50 bits per heavy atom. The van der Waals surface area contributed by atoms with E-state index in [4.69, 9.17) is 0 Å². The molecule has 0 aromatic heterocycles. The molecule has 4 aromatic rings. The van der Waals surface area contributed by atoms with Crippen molar-refractivity contribution in [3.8, 4) is 0 Å². The second-order valence-electron chi connectivity index (χ2n) is 8.53. The lowest BCUT2D eigenvalue weighted by Crippen LogP contribution is -2.34. The van der Waals surface area contributed by atoms with Crippen LogP contribution >= 0.6 is 0 Å². The van der Waals surface area contributed by atoms with E-state index in [1.54, 1.807) is 55.5 Å². The van der Waals surface area contributed by atoms with Gasteiger partial charge in [-0.3, -0.25) is 4.72 Å². The van der Waals surface area contributed by atoms with Crippen molar-refractivity contribution in [1.82, 2.24) is 4.72 Å². The van der Waals surface area contributed by atoms with Crippen molar-refractivity contribution < 1.29 is 26.4 Å². The number of carbonyl (C=O) groups is 2. The van der Waals surface area contributed by atoms with E-state index in [-0.39, 0.29) is 21.2 Å². The first kappa shape index (κ1) is 28.1. The van der Waals surface area contributed by atoms with E-state index in [0.29, 0.717) is 11.4 Å². The SMILES string of the molecule is Cc1ccc(S(=O)(=O)NC(=O)Nc2ccc(S(=O)(=O)Nc3ccc(NC(=O)Nc4ccccc4)cc3)cc2)cc1. The summed E-state index contributed by atoms with van der Waals surface area (Å²) in [6, 6.07) is 24.6. The van der Waals surface area contributed by atoms with Gasteiger partial charge in [-0.05, 0) is 79.7 Å². The number of aryl methyl sites for hydroxylation is 1. The number of amides is 4. The quantitative estimate of drug-likeness (QED) is 0.198. The van der Waals surface area contributed by atoms with Gasteiger partial charge in [-0.1, -0.05) is 35.9 Å². The molecule has 0 spiro atoms. The predicted molar refractivity (Wildman–Crippen MR) is 153 cm³/mol. The fourth-order valence-electron chi connectivity index (χ4n) is 3.42. The zero-order valence-corrected chi connectivity index (χ0v) is 22.7. The lowest BCUT2D eigenvalue weighted by atomic mass is 10.2. The Morgan fingerprint density at radius 1 is 0.500 bits per heavy atom. The molecular weight excluding hydrogens is 554 g/mol. The number of hydrogen-bond acceptors (Lipinski definition) is 6. The number of para-hydroxylation sites is 1. The maximum atomic E-state index is 12.8. The van der Waals surface area contributed by atoms with Crippen LogP contribution in [0.25, 0.3) is 0 Å². The molecule has 0 atom stereocenters. The number of hydrogen-bond donors (Lipinski definition) is 5. The van der Waals surface area contributed by atoms with Crippen LogP contribution in [0.3, 0.4) is 0 Å². The zero-order valence-electron chi connectivity index (χ0n) is 21.1. The molecule has 0 aliphatic rings. The highest BCUT2D eigenvalue weighted by atomic mass is 32.2. The smallest absolute Gasteiger partial charge is 0.308 e. The van der Waals surface area contributed by atoms with Crippen LogP contribution in [0, 0.1) is 6.92 Å². The zero-order chi connectivity index (χ0) is 28.8. The molecule has 13 heteroatoms. The molecule has 4 rings (SSSR count). The van der Waals surface area contributed by atoms with Gasteiger partial charge in [0.25, 0.3) is 20.0 Å². The van der Waals surface area contributed by atoms with Crippen molar-refractivity contribution in [2.45, 2.75) is 16.7 Å². The van der Waals surface area contributed by atoms with Crippen LogP contribution in [-0.4, -0.2) is 28.9 Å². The first-order valence-electron chi connectivity index (χ1n) is 11.8. The van der Waals surface area contributed by atoms with E-state index in [2.05, 4.69) is 20.7 Å². The molecule has 206 valence electrons. The third-order valence-corrected chi connectivity index (χ3v) is 8.15. The van der Waals surface area contributed by atoms with Crippen molar-refractivity contribution in [3.05, 3.63) is 109 Å². The van der Waals surface area contributed by atoms with Crippen LogP contribution in [0.5, 0.6) is 0 Å². The van der Waals surface area contributed by atoms with Crippen LogP contribution in [0.15, 0.2) is 113 Å². The van der Waals surface area contributed by atoms with Crippen LogP contribution in [0.2, 0.25) is 0 Å². The lowest BCUT2D eigenvalue weighted by Gasteiger charge is -2.11. The number of rotatable bonds is 8. The molecular formula is C27H25N5O6S2. The Morgan fingerprint density at radius 2 is 0.925 bits per heavy atom. The van der Waals surface area contributed by atoms with Gasteiger partial charge >= 0.3 is 12.1 Å². The number of urea groups is 2. The molecule has 0 aliphatic heterocycles. The normalized spacial score (nSPS) is 11.2. The standard InChI is InChI=1S/C27H25N5O6S2/c1-19-7-15-24(16-8-19)40(37,38)32-27(34)30-22-13-17-25(18-14-22)39(35,36)31-23-11-9-21(10-12-23)29-26(33)28-20-5-3-2-4-6-20/h2-18,31H,1H3,(H2,28,29,33)(H2,30,32,34). The minimum absolute atomic E-state index is 0.0694. The Kier molecular flexibility index (Phi) is 8.36. The Labute approximate surface area is 231 Å². The van der Waals surface area contributed by atoms with Gasteiger partial charge in [-0.25, -0.2) is 31.1 Å². The lowest BCUT2D eigenvalue weighted by molar-refractivity contribution is 0.256. The molecule has 0 bridgehead atoms. The van der Waals surface area contributed by atoms with E-state index in [1.807, 2.05) is 10.8 Å². The molecule has 11 nitrogen and oxygen atoms in total. The second kappa shape index (κ2) is 11.9. The van der Waals surface area contributed by atoms with Gasteiger partial charge in [0.1, 0.15) is 0 Å². The summed E-state index contributed by atoms with van der Waals surface area (Å²) in [6.45, 7) is 1.80. The molecule has 0 aliphatic carbocycles. The van der Waals surface area contributed by atoms with Crippen LogP contribution < -0.4 is 25.4 Å². The minimum atomic E-state index is -4.08. The molecule has 5 N–H and O–H groups in total. The van der Waals surface area contributed by atoms with Crippen LogP contribution in [0.4, 0.5) is 32.3 Å². The first-order chi connectivity index (χ1) is 19.0. The van der Waals surface area contributed by atoms with Gasteiger partial charge in [0.15, 0.2) is 0 Å². The third-order valence-electron chi connectivity index (χ3n) is 5.41. The fraction of sp³-hybridized carbons (Fsp3) is 0.0370. The maximum Gasteiger partial charge on any atom is 0.333 e. The van der Waals surface area contributed by atoms with E-state index < -0.39 is 32.1 Å². The van der Waals surface area contributed by atoms with Crippen molar-refractivity contribution >= 4 is 54.9 Å². The average molecular weight is 580 g/mol. The van der Waals surface area contributed by atoms with Gasteiger partial charge < -0.3 is 16.0 Å². The van der Waals surface area contributed by atoms with E-state index in [9.17, 15) is 26.4 Å². The highest BCUT2D eigenvalue weighted by molar-refractivity contribution is 7.92. The van der Waals surface area contributed by atoms with Crippen molar-refractivity contribution in [2.75, 3.05) is 20.7 Å². The van der Waals surface area contributed by atoms with Crippen LogP contribution in [0.1, 0.15) is 5.56 Å². The molecule has 4 amide bonds. The fourth-order valence-corrected chi connectivity index (χ4v) is 5.39. The molecule has 0 fully saturated rings. The van der Waals surface area contributed by atoms with Crippen LogP contribution in [-0.2, 0) is 20.0 Å². The average Bonchev–Trinajstić information content (AvgIpc) is 2.90. The summed E-state index contributed by atoms with van der Waals surface area (Å²) in [4.78, 5) is 24.2. The Balaban J connectivity index is 1.33. The summed E-state index contributed by atoms with van der Waals surface area (Å²) in [5.41, 5.74) is 2.38. The number of carbonyl (C=O) groups excluding carboxylic acids is 2. The van der Waals surface area contributed by atoms with Gasteiger partial charge in [-0.15, -0.1) is 0 Å². The molecule has 0 radical (unpaired) electrons. The second-order valence-corrected chi connectivity index (χ2v) is 11.9. The third kappa shape index (κ3) is 7.58. The Bertz CT molecular complexity index is 1710. The van der Waals surface area contributed by atoms with E-state index >= 15 is 0 Å². The number of benzene rings is 4. The van der Waals surface area contributed by atoms with Gasteiger partial charge in [-0.2, -0.15) is 0 Å². The van der Waals surface area contributed by atoms with E-state index in [0.717, 1.165) is 5.56 Å². The highest BCUT2D eigenvalue weighted by Crippen LogP contribution is 2.20. The molecule has 0 unspecified atom stereocenters. The Hall–Kier alpha value is -4.88. The topological polar surface area (TPSA) is 163 Å². The summed E-state index contributed by atoms with van der Waals surface area (Å²) in [5.74, 6) is 0. The summed E-state index contributed by atoms with van der Waals surface area (Å²) in [6.07, 6.45) is 0. The van der Waals surface area contributed by atoms with Crippen molar-refractivity contribution in [3.63, 3.8) is 0 Å². The van der Waals surface area contributed by atoms with Crippen molar-refractivity contribution in [2.24, 2.45) is 0 Å². The van der Waals surface area contributed by atoms with Gasteiger partial charge in [0.2, 0.25) is 0 Å². The molecule has 0 saturated carbocycles. The minimum Gasteiger partial charge on any atom is -0.308 e. The maximum absolute atomic E-state index is 12.8. The summed E-state index contributed by atoms with van der Waals surface area (Å²) >= 11 is 0. The highest BCUT2D eigenvalue weighted by Gasteiger charge is 2.18. The van der Waals surface area contributed by atoms with Crippen molar-refractivity contribution in [1.29, 1.82) is 0 Å².